The zero-order valence-corrected chi connectivity index (χ0v) is 10.9. The molecule has 1 aromatic rings. The van der Waals surface area contributed by atoms with Crippen molar-refractivity contribution < 1.29 is 8.42 Å². The molecule has 2 N–H and O–H groups in total. The third-order valence-electron chi connectivity index (χ3n) is 3.28. The highest BCUT2D eigenvalue weighted by Crippen LogP contribution is 2.37. The Balaban J connectivity index is 2.16. The maximum atomic E-state index is 11.8. The van der Waals surface area contributed by atoms with Crippen molar-refractivity contribution >= 4 is 15.7 Å². The van der Waals surface area contributed by atoms with Crippen LogP contribution in [0.4, 0.5) is 5.69 Å². The number of nitrogens with one attached hydrogen (secondary N) is 2. The standard InChI is InChI=1S/C12H18N2O2S/c1-9-7-10(9)8-14-11-5-3-4-6-12(11)17(15,16)13-2/h3-6,9-10,13-14H,7-8H2,1-2H3. The minimum Gasteiger partial charge on any atom is -0.384 e. The van der Waals surface area contributed by atoms with Gasteiger partial charge in [-0.1, -0.05) is 19.1 Å². The SMILES string of the molecule is CNS(=O)(=O)c1ccccc1NCC1CC1C. The van der Waals surface area contributed by atoms with Crippen LogP contribution in [0.5, 0.6) is 0 Å². The Morgan fingerprint density at radius 3 is 2.59 bits per heavy atom. The minimum absolute atomic E-state index is 0.316. The molecule has 0 aromatic heterocycles. The molecule has 94 valence electrons. The van der Waals surface area contributed by atoms with Gasteiger partial charge in [-0.05, 0) is 37.4 Å². The molecule has 0 spiro atoms. The number of hydrogen-bond donors (Lipinski definition) is 2. The number of hydrogen-bond acceptors (Lipinski definition) is 3. The van der Waals surface area contributed by atoms with Crippen LogP contribution in [0.3, 0.4) is 0 Å². The first kappa shape index (κ1) is 12.4. The fraction of sp³-hybridized carbons (Fsp3) is 0.500. The van der Waals surface area contributed by atoms with Crippen LogP contribution in [0.15, 0.2) is 29.2 Å². The van der Waals surface area contributed by atoms with Crippen LogP contribution in [0, 0.1) is 11.8 Å². The van der Waals surface area contributed by atoms with Crippen molar-refractivity contribution in [1.29, 1.82) is 0 Å². The molecule has 0 saturated heterocycles. The van der Waals surface area contributed by atoms with E-state index in [9.17, 15) is 8.42 Å². The van der Waals surface area contributed by atoms with Crippen molar-refractivity contribution in [3.8, 4) is 0 Å². The largest absolute Gasteiger partial charge is 0.384 e. The third kappa shape index (κ3) is 2.79. The van der Waals surface area contributed by atoms with E-state index < -0.39 is 10.0 Å². The Morgan fingerprint density at radius 1 is 1.35 bits per heavy atom. The van der Waals surface area contributed by atoms with Crippen molar-refractivity contribution in [1.82, 2.24) is 4.72 Å². The van der Waals surface area contributed by atoms with Gasteiger partial charge in [-0.15, -0.1) is 0 Å². The van der Waals surface area contributed by atoms with E-state index in [1.165, 1.54) is 13.5 Å². The lowest BCUT2D eigenvalue weighted by Gasteiger charge is -2.11. The van der Waals surface area contributed by atoms with Gasteiger partial charge < -0.3 is 5.32 Å². The summed E-state index contributed by atoms with van der Waals surface area (Å²) in [4.78, 5) is 0.316. The van der Waals surface area contributed by atoms with Gasteiger partial charge in [0.25, 0.3) is 0 Å². The summed E-state index contributed by atoms with van der Waals surface area (Å²) in [6, 6.07) is 6.99. The summed E-state index contributed by atoms with van der Waals surface area (Å²) in [5, 5.41) is 3.23. The molecule has 4 nitrogen and oxygen atoms in total. The number of anilines is 1. The number of benzene rings is 1. The second-order valence-corrected chi connectivity index (χ2v) is 6.41. The molecule has 2 unspecified atom stereocenters. The van der Waals surface area contributed by atoms with Crippen molar-refractivity contribution in [2.24, 2.45) is 11.8 Å². The van der Waals surface area contributed by atoms with Crippen molar-refractivity contribution in [2.45, 2.75) is 18.2 Å². The Kier molecular flexibility index (Phi) is 3.40. The summed E-state index contributed by atoms with van der Waals surface area (Å²) >= 11 is 0. The molecule has 1 fully saturated rings. The zero-order chi connectivity index (χ0) is 12.5. The van der Waals surface area contributed by atoms with E-state index >= 15 is 0 Å². The van der Waals surface area contributed by atoms with Gasteiger partial charge in [0.2, 0.25) is 10.0 Å². The first-order valence-corrected chi connectivity index (χ1v) is 7.29. The fourth-order valence-corrected chi connectivity index (χ4v) is 2.79. The van der Waals surface area contributed by atoms with E-state index in [4.69, 9.17) is 0 Å². The Morgan fingerprint density at radius 2 is 2.00 bits per heavy atom. The molecule has 0 bridgehead atoms. The molecule has 5 heteroatoms. The number of para-hydroxylation sites is 1. The van der Waals surface area contributed by atoms with Gasteiger partial charge >= 0.3 is 0 Å². The van der Waals surface area contributed by atoms with E-state index in [2.05, 4.69) is 17.0 Å². The highest BCUT2D eigenvalue weighted by Gasteiger charge is 2.32. The molecule has 2 atom stereocenters. The van der Waals surface area contributed by atoms with Crippen molar-refractivity contribution in [3.05, 3.63) is 24.3 Å². The summed E-state index contributed by atoms with van der Waals surface area (Å²) in [7, 11) is -1.96. The van der Waals surface area contributed by atoms with Gasteiger partial charge in [-0.25, -0.2) is 13.1 Å². The first-order valence-electron chi connectivity index (χ1n) is 5.81. The summed E-state index contributed by atoms with van der Waals surface area (Å²) in [5.41, 5.74) is 0.681. The predicted octanol–water partition coefficient (Wildman–Crippen LogP) is 1.66. The van der Waals surface area contributed by atoms with Gasteiger partial charge in [0.1, 0.15) is 4.90 Å². The molecule has 2 rings (SSSR count). The van der Waals surface area contributed by atoms with Crippen molar-refractivity contribution in [2.75, 3.05) is 18.9 Å². The predicted molar refractivity (Wildman–Crippen MR) is 68.4 cm³/mol. The van der Waals surface area contributed by atoms with Crippen LogP contribution >= 0.6 is 0 Å². The normalized spacial score (nSPS) is 23.4. The highest BCUT2D eigenvalue weighted by molar-refractivity contribution is 7.89. The quantitative estimate of drug-likeness (QED) is 0.840. The number of rotatable bonds is 5. The highest BCUT2D eigenvalue weighted by atomic mass is 32.2. The summed E-state index contributed by atoms with van der Waals surface area (Å²) < 4.78 is 25.9. The van der Waals surface area contributed by atoms with Gasteiger partial charge in [-0.3, -0.25) is 0 Å². The van der Waals surface area contributed by atoms with Crippen LogP contribution < -0.4 is 10.0 Å². The van der Waals surface area contributed by atoms with Crippen LogP contribution in [0.25, 0.3) is 0 Å². The lowest BCUT2D eigenvalue weighted by atomic mass is 10.3. The molecular weight excluding hydrogens is 236 g/mol. The second kappa shape index (κ2) is 4.66. The molecule has 0 radical (unpaired) electrons. The van der Waals surface area contributed by atoms with E-state index in [-0.39, 0.29) is 0 Å². The number of sulfonamides is 1. The van der Waals surface area contributed by atoms with Crippen LogP contribution in [-0.4, -0.2) is 22.0 Å². The molecule has 1 aliphatic carbocycles. The Bertz CT molecular complexity index is 499. The van der Waals surface area contributed by atoms with E-state index in [0.717, 1.165) is 12.5 Å². The molecule has 1 aliphatic rings. The van der Waals surface area contributed by atoms with Gasteiger partial charge in [-0.2, -0.15) is 0 Å². The summed E-state index contributed by atoms with van der Waals surface area (Å²) in [6.45, 7) is 3.06. The molecular formula is C12H18N2O2S. The molecule has 17 heavy (non-hydrogen) atoms. The van der Waals surface area contributed by atoms with Gasteiger partial charge in [0.15, 0.2) is 0 Å². The molecule has 1 aromatic carbocycles. The van der Waals surface area contributed by atoms with Crippen molar-refractivity contribution in [3.63, 3.8) is 0 Å². The van der Waals surface area contributed by atoms with E-state index in [1.54, 1.807) is 18.2 Å². The lowest BCUT2D eigenvalue weighted by Crippen LogP contribution is -2.20. The monoisotopic (exact) mass is 254 g/mol. The fourth-order valence-electron chi connectivity index (χ4n) is 1.88. The smallest absolute Gasteiger partial charge is 0.242 e. The van der Waals surface area contributed by atoms with E-state index in [1.807, 2.05) is 6.07 Å². The van der Waals surface area contributed by atoms with E-state index in [0.29, 0.717) is 16.5 Å². The Hall–Kier alpha value is -1.07. The third-order valence-corrected chi connectivity index (χ3v) is 4.75. The first-order chi connectivity index (χ1) is 8.04. The van der Waals surface area contributed by atoms with Gasteiger partial charge in [0.05, 0.1) is 5.69 Å². The zero-order valence-electron chi connectivity index (χ0n) is 10.1. The molecule has 1 saturated carbocycles. The maximum Gasteiger partial charge on any atom is 0.242 e. The second-order valence-electron chi connectivity index (χ2n) is 4.56. The molecule has 0 heterocycles. The van der Waals surface area contributed by atoms with Crippen LogP contribution in [-0.2, 0) is 10.0 Å². The van der Waals surface area contributed by atoms with Crippen LogP contribution in [0.2, 0.25) is 0 Å². The summed E-state index contributed by atoms with van der Waals surface area (Å²) in [5.74, 6) is 1.44. The maximum absolute atomic E-state index is 11.8. The molecule has 0 aliphatic heterocycles. The lowest BCUT2D eigenvalue weighted by molar-refractivity contribution is 0.588. The van der Waals surface area contributed by atoms with Gasteiger partial charge in [0, 0.05) is 6.54 Å². The average Bonchev–Trinajstić information content (AvgIpc) is 3.03. The average molecular weight is 254 g/mol. The van der Waals surface area contributed by atoms with Crippen LogP contribution in [0.1, 0.15) is 13.3 Å². The minimum atomic E-state index is -3.38. The Labute approximate surface area is 102 Å². The topological polar surface area (TPSA) is 58.2 Å². The summed E-state index contributed by atoms with van der Waals surface area (Å²) in [6.07, 6.45) is 1.23. The molecule has 0 amide bonds.